The van der Waals surface area contributed by atoms with Crippen LogP contribution in [0.4, 0.5) is 5.82 Å². The molecular formula is C25H19N3O4. The minimum Gasteiger partial charge on any atom is -0.338 e. The van der Waals surface area contributed by atoms with Crippen molar-refractivity contribution in [2.75, 3.05) is 5.32 Å². The Morgan fingerprint density at radius 2 is 1.44 bits per heavy atom. The van der Waals surface area contributed by atoms with E-state index < -0.39 is 17.2 Å². The maximum absolute atomic E-state index is 13.5. The van der Waals surface area contributed by atoms with Crippen molar-refractivity contribution >= 4 is 23.5 Å². The van der Waals surface area contributed by atoms with Crippen molar-refractivity contribution in [1.29, 1.82) is 0 Å². The van der Waals surface area contributed by atoms with Gasteiger partial charge in [0, 0.05) is 36.7 Å². The number of aromatic nitrogens is 2. The Balaban J connectivity index is 1.80. The predicted octanol–water partition coefficient (Wildman–Crippen LogP) is 2.64. The fourth-order valence-corrected chi connectivity index (χ4v) is 4.34. The van der Waals surface area contributed by atoms with Crippen molar-refractivity contribution in [3.05, 3.63) is 115 Å². The van der Waals surface area contributed by atoms with Crippen LogP contribution < -0.4 is 16.6 Å². The standard InChI is InChI=1S/C25H19N3O4/c1-27-23-19(24(31)28(2)25(27)32)17(13-12-14-8-4-3-5-9-14)18-20(26-23)22(30)16-11-7-6-10-15(16)21(18)29/h3-13,17,26H,1-2H3/b13-12+. The van der Waals surface area contributed by atoms with Gasteiger partial charge in [0.05, 0.1) is 11.3 Å². The second kappa shape index (κ2) is 7.16. The highest BCUT2D eigenvalue weighted by atomic mass is 16.2. The first-order valence-electron chi connectivity index (χ1n) is 10.1. The number of hydrogen-bond donors (Lipinski definition) is 1. The number of nitrogens with zero attached hydrogens (tertiary/aromatic N) is 2. The Bertz CT molecular complexity index is 1490. The average Bonchev–Trinajstić information content (AvgIpc) is 2.83. The monoisotopic (exact) mass is 425 g/mol. The topological polar surface area (TPSA) is 90.2 Å². The van der Waals surface area contributed by atoms with E-state index in [1.54, 1.807) is 30.3 Å². The quantitative estimate of drug-likeness (QED) is 0.682. The normalized spacial score (nSPS) is 17.1. The van der Waals surface area contributed by atoms with Gasteiger partial charge >= 0.3 is 5.69 Å². The van der Waals surface area contributed by atoms with Gasteiger partial charge in [-0.05, 0) is 5.56 Å². The summed E-state index contributed by atoms with van der Waals surface area (Å²) in [7, 11) is 2.93. The Morgan fingerprint density at radius 3 is 2.12 bits per heavy atom. The first-order chi connectivity index (χ1) is 15.4. The molecule has 3 aromatic rings. The fraction of sp³-hybridized carbons (Fsp3) is 0.120. The molecule has 0 saturated carbocycles. The maximum atomic E-state index is 13.5. The Kier molecular flexibility index (Phi) is 4.41. The van der Waals surface area contributed by atoms with Crippen LogP contribution in [0.25, 0.3) is 6.08 Å². The molecule has 2 aliphatic rings. The summed E-state index contributed by atoms with van der Waals surface area (Å²) in [6.45, 7) is 0. The van der Waals surface area contributed by atoms with Crippen molar-refractivity contribution in [3.63, 3.8) is 0 Å². The largest absolute Gasteiger partial charge is 0.338 e. The molecule has 0 amide bonds. The molecule has 2 aromatic carbocycles. The zero-order valence-electron chi connectivity index (χ0n) is 17.5. The van der Waals surface area contributed by atoms with Crippen molar-refractivity contribution in [3.8, 4) is 0 Å². The van der Waals surface area contributed by atoms with Crippen LogP contribution >= 0.6 is 0 Å². The Labute approximate surface area is 182 Å². The van der Waals surface area contributed by atoms with Crippen LogP contribution in [-0.4, -0.2) is 20.7 Å². The summed E-state index contributed by atoms with van der Waals surface area (Å²) < 4.78 is 2.31. The molecule has 7 heteroatoms. The second-order valence-corrected chi connectivity index (χ2v) is 7.83. The van der Waals surface area contributed by atoms with Gasteiger partial charge < -0.3 is 5.32 Å². The summed E-state index contributed by atoms with van der Waals surface area (Å²) in [6, 6.07) is 16.1. The minimum absolute atomic E-state index is 0.104. The number of benzene rings is 2. The summed E-state index contributed by atoms with van der Waals surface area (Å²) in [5.74, 6) is -1.23. The number of ketones is 2. The summed E-state index contributed by atoms with van der Waals surface area (Å²) in [6.07, 6.45) is 3.56. The van der Waals surface area contributed by atoms with Gasteiger partial charge in [-0.1, -0.05) is 66.7 Å². The second-order valence-electron chi connectivity index (χ2n) is 7.83. The van der Waals surface area contributed by atoms with E-state index in [1.165, 1.54) is 18.7 Å². The van der Waals surface area contributed by atoms with Crippen molar-refractivity contribution in [2.24, 2.45) is 14.1 Å². The maximum Gasteiger partial charge on any atom is 0.332 e. The van der Waals surface area contributed by atoms with Crippen LogP contribution in [0.2, 0.25) is 0 Å². The molecule has 0 fully saturated rings. The number of allylic oxidation sites excluding steroid dienone is 3. The average molecular weight is 425 g/mol. The molecule has 0 saturated heterocycles. The molecule has 1 N–H and O–H groups in total. The molecule has 32 heavy (non-hydrogen) atoms. The Hall–Kier alpha value is -4.26. The third kappa shape index (κ3) is 2.75. The third-order valence-corrected chi connectivity index (χ3v) is 6.00. The molecule has 1 atom stereocenters. The highest BCUT2D eigenvalue weighted by Crippen LogP contribution is 2.41. The molecule has 5 rings (SSSR count). The zero-order chi connectivity index (χ0) is 22.6. The smallest absolute Gasteiger partial charge is 0.332 e. The van der Waals surface area contributed by atoms with E-state index in [9.17, 15) is 19.2 Å². The molecule has 1 unspecified atom stereocenters. The lowest BCUT2D eigenvalue weighted by atomic mass is 9.76. The van der Waals surface area contributed by atoms with Crippen LogP contribution in [-0.2, 0) is 14.1 Å². The van der Waals surface area contributed by atoms with E-state index >= 15 is 0 Å². The molecule has 2 heterocycles. The first kappa shape index (κ1) is 19.7. The molecule has 7 nitrogen and oxygen atoms in total. The fourth-order valence-electron chi connectivity index (χ4n) is 4.34. The van der Waals surface area contributed by atoms with Gasteiger partial charge in [-0.25, -0.2) is 4.79 Å². The first-order valence-corrected chi connectivity index (χ1v) is 10.1. The van der Waals surface area contributed by atoms with E-state index in [0.29, 0.717) is 11.1 Å². The molecule has 1 aliphatic carbocycles. The number of nitrogens with one attached hydrogen (secondary N) is 1. The van der Waals surface area contributed by atoms with E-state index in [4.69, 9.17) is 0 Å². The van der Waals surface area contributed by atoms with Gasteiger partial charge in [0.15, 0.2) is 5.78 Å². The van der Waals surface area contributed by atoms with Gasteiger partial charge in [-0.3, -0.25) is 23.5 Å². The number of carbonyl (C=O) groups excluding carboxylic acids is 2. The summed E-state index contributed by atoms with van der Waals surface area (Å²) in [4.78, 5) is 52.5. The van der Waals surface area contributed by atoms with Crippen LogP contribution in [0.1, 0.15) is 37.8 Å². The lowest BCUT2D eigenvalue weighted by Crippen LogP contribution is -2.44. The van der Waals surface area contributed by atoms with Crippen LogP contribution in [0.3, 0.4) is 0 Å². The van der Waals surface area contributed by atoms with Gasteiger partial charge in [-0.2, -0.15) is 0 Å². The lowest BCUT2D eigenvalue weighted by molar-refractivity contribution is 0.0971. The SMILES string of the molecule is Cn1c2c(c(=O)n(C)c1=O)C(/C=C/c1ccccc1)C1=C(N2)C(=O)c2ccccc2C1=O. The van der Waals surface area contributed by atoms with Crippen molar-refractivity contribution in [1.82, 2.24) is 9.13 Å². The van der Waals surface area contributed by atoms with Crippen molar-refractivity contribution in [2.45, 2.75) is 5.92 Å². The minimum atomic E-state index is -0.795. The molecule has 1 aliphatic heterocycles. The summed E-state index contributed by atoms with van der Waals surface area (Å²) in [5.41, 5.74) is 1.02. The van der Waals surface area contributed by atoms with Gasteiger partial charge in [0.1, 0.15) is 5.82 Å². The predicted molar refractivity (Wildman–Crippen MR) is 121 cm³/mol. The molecule has 0 radical (unpaired) electrons. The van der Waals surface area contributed by atoms with E-state index in [0.717, 1.165) is 10.1 Å². The van der Waals surface area contributed by atoms with Gasteiger partial charge in [-0.15, -0.1) is 0 Å². The Morgan fingerprint density at radius 1 is 0.812 bits per heavy atom. The number of anilines is 1. The third-order valence-electron chi connectivity index (χ3n) is 6.00. The number of rotatable bonds is 2. The molecule has 158 valence electrons. The summed E-state index contributed by atoms with van der Waals surface area (Å²) in [5, 5.41) is 2.95. The molecule has 1 aromatic heterocycles. The summed E-state index contributed by atoms with van der Waals surface area (Å²) >= 11 is 0. The van der Waals surface area contributed by atoms with Crippen LogP contribution in [0, 0.1) is 0 Å². The van der Waals surface area contributed by atoms with Gasteiger partial charge in [0.25, 0.3) is 5.56 Å². The van der Waals surface area contributed by atoms with E-state index in [2.05, 4.69) is 5.32 Å². The van der Waals surface area contributed by atoms with Crippen molar-refractivity contribution < 1.29 is 9.59 Å². The zero-order valence-corrected chi connectivity index (χ0v) is 17.5. The lowest BCUT2D eigenvalue weighted by Gasteiger charge is -2.32. The number of carbonyl (C=O) groups is 2. The van der Waals surface area contributed by atoms with E-state index in [1.807, 2.05) is 36.4 Å². The molecule has 0 spiro atoms. The van der Waals surface area contributed by atoms with Gasteiger partial charge in [0.2, 0.25) is 5.78 Å². The highest BCUT2D eigenvalue weighted by Gasteiger charge is 2.41. The van der Waals surface area contributed by atoms with Crippen LogP contribution in [0.15, 0.2) is 81.5 Å². The number of hydrogen-bond acceptors (Lipinski definition) is 5. The van der Waals surface area contributed by atoms with E-state index in [-0.39, 0.29) is 34.2 Å². The van der Waals surface area contributed by atoms with Crippen LogP contribution in [0.5, 0.6) is 0 Å². The molecule has 0 bridgehead atoms. The highest BCUT2D eigenvalue weighted by molar-refractivity contribution is 6.29. The number of fused-ring (bicyclic) bond motifs is 2. The molecular weight excluding hydrogens is 406 g/mol. The number of Topliss-reactive ketones (excluding diaryl/α,β-unsaturated/α-hetero) is 2.